The molecule has 2 fully saturated rings. The highest BCUT2D eigenvalue weighted by Crippen LogP contribution is 2.29. The van der Waals surface area contributed by atoms with Crippen molar-refractivity contribution in [3.63, 3.8) is 0 Å². The van der Waals surface area contributed by atoms with Crippen molar-refractivity contribution in [2.45, 2.75) is 143 Å². The van der Waals surface area contributed by atoms with E-state index < -0.39 is 35.0 Å². The molecule has 2 aliphatic heterocycles. The Labute approximate surface area is 418 Å². The van der Waals surface area contributed by atoms with Crippen LogP contribution in [-0.2, 0) is 54.5 Å². The maximum Gasteiger partial charge on any atom is 0.246 e. The predicted octanol–water partition coefficient (Wildman–Crippen LogP) is 5.17. The van der Waals surface area contributed by atoms with E-state index in [1.165, 1.54) is 0 Å². The second kappa shape index (κ2) is 25.5. The van der Waals surface area contributed by atoms with Gasteiger partial charge in [0.1, 0.15) is 12.1 Å². The number of amides is 6. The lowest BCUT2D eigenvalue weighted by molar-refractivity contribution is -0.142. The van der Waals surface area contributed by atoms with Crippen LogP contribution in [0.25, 0.3) is 0 Å². The minimum atomic E-state index is -0.730. The summed E-state index contributed by atoms with van der Waals surface area (Å²) >= 11 is 0. The Kier molecular flexibility index (Phi) is 20.2. The third-order valence-electron chi connectivity index (χ3n) is 14.1. The zero-order valence-electron chi connectivity index (χ0n) is 43.7. The van der Waals surface area contributed by atoms with E-state index in [2.05, 4.69) is 45.5 Å². The first-order chi connectivity index (χ1) is 33.2. The van der Waals surface area contributed by atoms with Gasteiger partial charge in [0.2, 0.25) is 35.4 Å². The number of likely N-dealkylation sites (tertiary alicyclic amines) is 2. The SMILES string of the molecule is CN[C@@H](C)C(=O)N[C@H](C(=O)N1CCC[C@@H]1CN(CCc1ccccc1)C(=O)Cc1ccc(CC(=O)N(CCc2ccccc2)C[C@@H]2CCCN2C(=O)[C@@H](NC(=O)[C@H](C)NC)C(C)(C)C)cc1)C(C)(C)C. The summed E-state index contributed by atoms with van der Waals surface area (Å²) in [6.45, 7) is 18.1. The molecule has 0 spiro atoms. The molecule has 0 saturated carbocycles. The summed E-state index contributed by atoms with van der Waals surface area (Å²) in [5, 5.41) is 11.9. The molecule has 3 aromatic rings. The lowest BCUT2D eigenvalue weighted by Crippen LogP contribution is -2.59. The van der Waals surface area contributed by atoms with E-state index in [9.17, 15) is 28.8 Å². The topological polar surface area (TPSA) is 163 Å². The number of rotatable bonds is 22. The third kappa shape index (κ3) is 15.7. The number of carbonyl (C=O) groups is 6. The zero-order valence-corrected chi connectivity index (χ0v) is 43.7. The molecule has 382 valence electrons. The van der Waals surface area contributed by atoms with Crippen LogP contribution in [-0.4, -0.2) is 145 Å². The Bertz CT molecular complexity index is 2040. The maximum atomic E-state index is 14.4. The van der Waals surface area contributed by atoms with Crippen molar-refractivity contribution in [3.05, 3.63) is 107 Å². The van der Waals surface area contributed by atoms with Crippen LogP contribution < -0.4 is 21.3 Å². The number of hydrogen-bond donors (Lipinski definition) is 4. The largest absolute Gasteiger partial charge is 0.342 e. The first-order valence-corrected chi connectivity index (χ1v) is 25.5. The average Bonchev–Trinajstić information content (AvgIpc) is 4.01. The van der Waals surface area contributed by atoms with Gasteiger partial charge in [-0.2, -0.15) is 0 Å². The summed E-state index contributed by atoms with van der Waals surface area (Å²) in [6, 6.07) is 25.1. The molecule has 14 nitrogen and oxygen atoms in total. The molecule has 2 heterocycles. The summed E-state index contributed by atoms with van der Waals surface area (Å²) in [4.78, 5) is 90.9. The fraction of sp³-hybridized carbons (Fsp3) is 0.571. The van der Waals surface area contributed by atoms with Gasteiger partial charge in [-0.25, -0.2) is 0 Å². The van der Waals surface area contributed by atoms with Crippen molar-refractivity contribution in [3.8, 4) is 0 Å². The Hall–Kier alpha value is -5.60. The number of hydrogen-bond acceptors (Lipinski definition) is 8. The van der Waals surface area contributed by atoms with Gasteiger partial charge >= 0.3 is 0 Å². The summed E-state index contributed by atoms with van der Waals surface area (Å²) < 4.78 is 0. The Morgan fingerprint density at radius 2 is 0.886 bits per heavy atom. The van der Waals surface area contributed by atoms with Crippen LogP contribution in [0.2, 0.25) is 0 Å². The average molecular weight is 963 g/mol. The normalized spacial score (nSPS) is 17.9. The number of likely N-dealkylation sites (N-methyl/N-ethyl adjacent to an activating group) is 2. The second-order valence-corrected chi connectivity index (χ2v) is 21.6. The van der Waals surface area contributed by atoms with Crippen molar-refractivity contribution in [2.75, 3.05) is 53.4 Å². The Balaban J connectivity index is 1.30. The highest BCUT2D eigenvalue weighted by molar-refractivity contribution is 5.91. The summed E-state index contributed by atoms with van der Waals surface area (Å²) in [6.07, 6.45) is 4.76. The highest BCUT2D eigenvalue weighted by atomic mass is 16.2. The van der Waals surface area contributed by atoms with Crippen molar-refractivity contribution in [1.82, 2.24) is 40.9 Å². The van der Waals surface area contributed by atoms with Crippen molar-refractivity contribution in [1.29, 1.82) is 0 Å². The van der Waals surface area contributed by atoms with E-state index in [0.29, 0.717) is 52.1 Å². The lowest BCUT2D eigenvalue weighted by atomic mass is 9.85. The molecule has 14 heteroatoms. The Morgan fingerprint density at radius 1 is 0.543 bits per heavy atom. The summed E-state index contributed by atoms with van der Waals surface area (Å²) in [5.41, 5.74) is 2.81. The number of carbonyl (C=O) groups excluding carboxylic acids is 6. The standard InChI is InChI=1S/C56H82N8O6/c1-39(57-9)51(67)59-49(55(3,4)5)53(69)63-31-17-23-45(63)37-61(33-29-41-19-13-11-14-20-41)47(65)35-43-25-27-44(28-26-43)36-48(66)62(34-30-42-21-15-12-16-22-42)38-46-24-18-32-64(46)54(70)50(56(6,7)8)60-52(68)40(2)58-10/h11-16,19-22,25-28,39-40,45-46,49-50,57-58H,17-18,23-24,29-38H2,1-10H3,(H,59,67)(H,60,68)/t39-,40-,45-,46+,49+,50+/m0/s1. The van der Waals surface area contributed by atoms with E-state index in [4.69, 9.17) is 0 Å². The van der Waals surface area contributed by atoms with Crippen LogP contribution in [0.1, 0.15) is 103 Å². The fourth-order valence-corrected chi connectivity index (χ4v) is 9.37. The molecule has 0 unspecified atom stereocenters. The lowest BCUT2D eigenvalue weighted by Gasteiger charge is -2.37. The zero-order chi connectivity index (χ0) is 51.2. The molecule has 0 bridgehead atoms. The molecular weight excluding hydrogens is 881 g/mol. The molecule has 70 heavy (non-hydrogen) atoms. The molecule has 0 radical (unpaired) electrons. The van der Waals surface area contributed by atoms with Crippen molar-refractivity contribution in [2.24, 2.45) is 10.8 Å². The number of benzene rings is 3. The smallest absolute Gasteiger partial charge is 0.246 e. The van der Waals surface area contributed by atoms with Gasteiger partial charge in [0, 0.05) is 51.4 Å². The van der Waals surface area contributed by atoms with Gasteiger partial charge in [0.15, 0.2) is 0 Å². The van der Waals surface area contributed by atoms with Crippen LogP contribution in [0.3, 0.4) is 0 Å². The van der Waals surface area contributed by atoms with Gasteiger partial charge < -0.3 is 40.9 Å². The highest BCUT2D eigenvalue weighted by Gasteiger charge is 2.42. The van der Waals surface area contributed by atoms with E-state index in [1.54, 1.807) is 27.9 Å². The third-order valence-corrected chi connectivity index (χ3v) is 14.1. The minimum absolute atomic E-state index is 0.0462. The van der Waals surface area contributed by atoms with E-state index in [0.717, 1.165) is 47.9 Å². The van der Waals surface area contributed by atoms with Gasteiger partial charge in [-0.1, -0.05) is 126 Å². The van der Waals surface area contributed by atoms with E-state index in [1.807, 2.05) is 122 Å². The second-order valence-electron chi connectivity index (χ2n) is 21.6. The molecule has 5 rings (SSSR count). The van der Waals surface area contributed by atoms with Gasteiger partial charge in [-0.05, 0) is 99.6 Å². The predicted molar refractivity (Wildman–Crippen MR) is 277 cm³/mol. The van der Waals surface area contributed by atoms with Gasteiger partial charge in [-0.3, -0.25) is 28.8 Å². The molecule has 0 aromatic heterocycles. The van der Waals surface area contributed by atoms with Gasteiger partial charge in [0.25, 0.3) is 0 Å². The quantitative estimate of drug-likeness (QED) is 0.107. The first-order valence-electron chi connectivity index (χ1n) is 25.5. The van der Waals surface area contributed by atoms with Gasteiger partial charge in [-0.15, -0.1) is 0 Å². The van der Waals surface area contributed by atoms with Crippen LogP contribution in [0.5, 0.6) is 0 Å². The van der Waals surface area contributed by atoms with Crippen molar-refractivity contribution < 1.29 is 28.8 Å². The fourth-order valence-electron chi connectivity index (χ4n) is 9.37. The van der Waals surface area contributed by atoms with Crippen LogP contribution in [0.4, 0.5) is 0 Å². The maximum absolute atomic E-state index is 14.4. The molecule has 4 N–H and O–H groups in total. The van der Waals surface area contributed by atoms with E-state index >= 15 is 0 Å². The van der Waals surface area contributed by atoms with Crippen LogP contribution in [0.15, 0.2) is 84.9 Å². The van der Waals surface area contributed by atoms with Gasteiger partial charge in [0.05, 0.1) is 24.9 Å². The number of nitrogens with one attached hydrogen (secondary N) is 4. The first kappa shape index (κ1) is 55.3. The number of nitrogens with zero attached hydrogens (tertiary/aromatic N) is 4. The summed E-state index contributed by atoms with van der Waals surface area (Å²) in [5.74, 6) is -0.825. The van der Waals surface area contributed by atoms with Crippen LogP contribution in [0, 0.1) is 10.8 Å². The Morgan fingerprint density at radius 3 is 1.20 bits per heavy atom. The molecule has 2 aliphatic rings. The minimum Gasteiger partial charge on any atom is -0.342 e. The molecular formula is C56H82N8O6. The molecule has 3 aromatic carbocycles. The van der Waals surface area contributed by atoms with Crippen molar-refractivity contribution >= 4 is 35.4 Å². The summed E-state index contributed by atoms with van der Waals surface area (Å²) in [7, 11) is 3.43. The molecule has 6 amide bonds. The molecule has 0 aliphatic carbocycles. The monoisotopic (exact) mass is 963 g/mol. The van der Waals surface area contributed by atoms with E-state index in [-0.39, 0.29) is 60.4 Å². The molecule has 2 saturated heterocycles. The van der Waals surface area contributed by atoms with Crippen LogP contribution >= 0.6 is 0 Å². The molecule has 6 atom stereocenters.